The molecular formula is C21H25NO4. The van der Waals surface area contributed by atoms with Gasteiger partial charge in [-0.15, -0.1) is 0 Å². The van der Waals surface area contributed by atoms with Gasteiger partial charge in [-0.25, -0.2) is 4.79 Å². The minimum Gasteiger partial charge on any atom is -0.452 e. The lowest BCUT2D eigenvalue weighted by atomic mass is 10.1. The molecule has 0 atom stereocenters. The molecule has 26 heavy (non-hydrogen) atoms. The molecule has 0 spiro atoms. The second-order valence-corrected chi connectivity index (χ2v) is 6.50. The maximum absolute atomic E-state index is 12.1. The van der Waals surface area contributed by atoms with Gasteiger partial charge in [-0.2, -0.15) is 0 Å². The number of carbonyl (C=O) groups excluding carboxylic acids is 2. The van der Waals surface area contributed by atoms with E-state index in [-0.39, 0.29) is 18.6 Å². The van der Waals surface area contributed by atoms with Gasteiger partial charge in [0, 0.05) is 5.69 Å². The highest BCUT2D eigenvalue weighted by atomic mass is 16.5. The normalized spacial score (nSPS) is 10.7. The molecule has 138 valence electrons. The van der Waals surface area contributed by atoms with E-state index in [0.29, 0.717) is 17.9 Å². The molecular weight excluding hydrogens is 330 g/mol. The van der Waals surface area contributed by atoms with E-state index >= 15 is 0 Å². The van der Waals surface area contributed by atoms with Gasteiger partial charge in [0.15, 0.2) is 6.61 Å². The summed E-state index contributed by atoms with van der Waals surface area (Å²) in [6.07, 6.45) is 0.148. The van der Waals surface area contributed by atoms with Crippen LogP contribution in [-0.2, 0) is 20.9 Å². The Kier molecular flexibility index (Phi) is 6.92. The minimum absolute atomic E-state index is 0.148. The molecule has 5 nitrogen and oxygen atoms in total. The highest BCUT2D eigenvalue weighted by Crippen LogP contribution is 2.16. The van der Waals surface area contributed by atoms with Gasteiger partial charge in [-0.3, -0.25) is 4.79 Å². The molecule has 0 fully saturated rings. The Morgan fingerprint density at radius 3 is 2.35 bits per heavy atom. The smallest absolute Gasteiger partial charge is 0.338 e. The van der Waals surface area contributed by atoms with Crippen LogP contribution in [0.2, 0.25) is 0 Å². The standard InChI is InChI=1S/C21H25NO4/c1-14(2)25-12-17-6-8-18(9-7-17)21(24)26-13-20(23)22-19-10-5-15(3)11-16(19)4/h5-11,14H,12-13H2,1-4H3,(H,22,23). The van der Waals surface area contributed by atoms with Crippen LogP contribution in [0.15, 0.2) is 42.5 Å². The first-order chi connectivity index (χ1) is 12.3. The van der Waals surface area contributed by atoms with Crippen molar-refractivity contribution in [1.82, 2.24) is 0 Å². The van der Waals surface area contributed by atoms with Gasteiger partial charge in [0.05, 0.1) is 18.3 Å². The Morgan fingerprint density at radius 2 is 1.73 bits per heavy atom. The largest absolute Gasteiger partial charge is 0.452 e. The van der Waals surface area contributed by atoms with Gasteiger partial charge < -0.3 is 14.8 Å². The molecule has 0 aromatic heterocycles. The predicted octanol–water partition coefficient (Wildman–Crippen LogP) is 4.02. The SMILES string of the molecule is Cc1ccc(NC(=O)COC(=O)c2ccc(COC(C)C)cc2)c(C)c1. The fourth-order valence-electron chi connectivity index (χ4n) is 2.35. The molecule has 1 amide bonds. The minimum atomic E-state index is -0.530. The third-order valence-corrected chi connectivity index (χ3v) is 3.76. The van der Waals surface area contributed by atoms with Crippen molar-refractivity contribution in [3.05, 3.63) is 64.7 Å². The summed E-state index contributed by atoms with van der Waals surface area (Å²) in [4.78, 5) is 24.0. The molecule has 0 saturated carbocycles. The monoisotopic (exact) mass is 355 g/mol. The number of benzene rings is 2. The molecule has 2 aromatic rings. The Hall–Kier alpha value is -2.66. The van der Waals surface area contributed by atoms with Crippen LogP contribution < -0.4 is 5.32 Å². The number of ether oxygens (including phenoxy) is 2. The number of nitrogens with one attached hydrogen (secondary N) is 1. The van der Waals surface area contributed by atoms with Crippen molar-refractivity contribution in [3.8, 4) is 0 Å². The first kappa shape index (κ1) is 19.7. The number of amides is 1. The summed E-state index contributed by atoms with van der Waals surface area (Å²) in [6.45, 7) is 8.00. The van der Waals surface area contributed by atoms with Crippen LogP contribution in [0.4, 0.5) is 5.69 Å². The van der Waals surface area contributed by atoms with E-state index in [0.717, 1.165) is 16.7 Å². The molecule has 2 aromatic carbocycles. The Morgan fingerprint density at radius 1 is 1.04 bits per heavy atom. The molecule has 2 rings (SSSR count). The number of esters is 1. The van der Waals surface area contributed by atoms with Gasteiger partial charge >= 0.3 is 5.97 Å². The zero-order valence-electron chi connectivity index (χ0n) is 15.7. The third-order valence-electron chi connectivity index (χ3n) is 3.76. The first-order valence-corrected chi connectivity index (χ1v) is 8.60. The maximum atomic E-state index is 12.1. The zero-order valence-corrected chi connectivity index (χ0v) is 15.7. The molecule has 0 radical (unpaired) electrons. The average Bonchev–Trinajstić information content (AvgIpc) is 2.60. The fourth-order valence-corrected chi connectivity index (χ4v) is 2.35. The van der Waals surface area contributed by atoms with Crippen LogP contribution in [0.5, 0.6) is 0 Å². The lowest BCUT2D eigenvalue weighted by Crippen LogP contribution is -2.21. The van der Waals surface area contributed by atoms with Crippen molar-refractivity contribution in [2.24, 2.45) is 0 Å². The van der Waals surface area contributed by atoms with E-state index in [1.165, 1.54) is 0 Å². The molecule has 0 bridgehead atoms. The van der Waals surface area contributed by atoms with Crippen LogP contribution in [0.1, 0.15) is 40.9 Å². The highest BCUT2D eigenvalue weighted by Gasteiger charge is 2.11. The molecule has 1 N–H and O–H groups in total. The second kappa shape index (κ2) is 9.15. The Balaban J connectivity index is 1.84. The van der Waals surface area contributed by atoms with E-state index in [4.69, 9.17) is 9.47 Å². The van der Waals surface area contributed by atoms with Crippen molar-refractivity contribution < 1.29 is 19.1 Å². The molecule has 0 unspecified atom stereocenters. The Labute approximate surface area is 154 Å². The van der Waals surface area contributed by atoms with E-state index in [9.17, 15) is 9.59 Å². The van der Waals surface area contributed by atoms with Gasteiger partial charge in [0.25, 0.3) is 5.91 Å². The van der Waals surface area contributed by atoms with Gasteiger partial charge in [-0.05, 0) is 57.0 Å². The van der Waals surface area contributed by atoms with Crippen molar-refractivity contribution in [2.45, 2.75) is 40.4 Å². The summed E-state index contributed by atoms with van der Waals surface area (Å²) in [6, 6.07) is 12.7. The summed E-state index contributed by atoms with van der Waals surface area (Å²) in [7, 11) is 0. The fraction of sp³-hybridized carbons (Fsp3) is 0.333. The number of hydrogen-bond donors (Lipinski definition) is 1. The van der Waals surface area contributed by atoms with E-state index in [1.807, 2.05) is 58.0 Å². The predicted molar refractivity (Wildman–Crippen MR) is 101 cm³/mol. The van der Waals surface area contributed by atoms with Crippen LogP contribution in [-0.4, -0.2) is 24.6 Å². The van der Waals surface area contributed by atoms with Crippen LogP contribution in [0.25, 0.3) is 0 Å². The number of anilines is 1. The second-order valence-electron chi connectivity index (χ2n) is 6.50. The summed E-state index contributed by atoms with van der Waals surface area (Å²) in [5, 5.41) is 2.75. The number of carbonyl (C=O) groups is 2. The number of aryl methyl sites for hydroxylation is 2. The summed E-state index contributed by atoms with van der Waals surface area (Å²) < 4.78 is 10.6. The summed E-state index contributed by atoms with van der Waals surface area (Å²) in [5.41, 5.74) is 4.17. The van der Waals surface area contributed by atoms with Crippen LogP contribution in [0.3, 0.4) is 0 Å². The topological polar surface area (TPSA) is 64.6 Å². The number of hydrogen-bond acceptors (Lipinski definition) is 4. The zero-order chi connectivity index (χ0) is 19.1. The van der Waals surface area contributed by atoms with Crippen LogP contribution in [0, 0.1) is 13.8 Å². The van der Waals surface area contributed by atoms with Gasteiger partial charge in [0.2, 0.25) is 0 Å². The third kappa shape index (κ3) is 6.01. The maximum Gasteiger partial charge on any atom is 0.338 e. The van der Waals surface area contributed by atoms with E-state index < -0.39 is 5.97 Å². The molecule has 0 aliphatic rings. The number of rotatable bonds is 7. The molecule has 0 saturated heterocycles. The van der Waals surface area contributed by atoms with Crippen LogP contribution >= 0.6 is 0 Å². The summed E-state index contributed by atoms with van der Waals surface area (Å²) in [5.74, 6) is -0.899. The van der Waals surface area contributed by atoms with E-state index in [2.05, 4.69) is 5.32 Å². The molecule has 5 heteroatoms. The molecule has 0 aliphatic carbocycles. The van der Waals surface area contributed by atoms with E-state index in [1.54, 1.807) is 12.1 Å². The lowest BCUT2D eigenvalue weighted by molar-refractivity contribution is -0.119. The lowest BCUT2D eigenvalue weighted by Gasteiger charge is -2.10. The first-order valence-electron chi connectivity index (χ1n) is 8.60. The summed E-state index contributed by atoms with van der Waals surface area (Å²) >= 11 is 0. The van der Waals surface area contributed by atoms with Gasteiger partial charge in [0.1, 0.15) is 0 Å². The van der Waals surface area contributed by atoms with Crippen molar-refractivity contribution >= 4 is 17.6 Å². The Bertz CT molecular complexity index is 766. The molecule has 0 heterocycles. The van der Waals surface area contributed by atoms with Crippen molar-refractivity contribution in [3.63, 3.8) is 0 Å². The quantitative estimate of drug-likeness (QED) is 0.762. The highest BCUT2D eigenvalue weighted by molar-refractivity contribution is 5.95. The van der Waals surface area contributed by atoms with Crippen molar-refractivity contribution in [2.75, 3.05) is 11.9 Å². The van der Waals surface area contributed by atoms with Crippen molar-refractivity contribution in [1.29, 1.82) is 0 Å². The average molecular weight is 355 g/mol. The molecule has 0 aliphatic heterocycles. The van der Waals surface area contributed by atoms with Gasteiger partial charge in [-0.1, -0.05) is 29.8 Å².